The lowest BCUT2D eigenvalue weighted by atomic mass is 10.2. The lowest BCUT2D eigenvalue weighted by Gasteiger charge is -2.34. The minimum Gasteiger partial charge on any atom is -0.361 e. The number of nitrogens with zero attached hydrogens (tertiary/aromatic N) is 5. The summed E-state index contributed by atoms with van der Waals surface area (Å²) in [6.07, 6.45) is 3.95. The molecule has 0 atom stereocenters. The molecule has 0 N–H and O–H groups in total. The molecule has 1 aliphatic rings. The zero-order chi connectivity index (χ0) is 15.5. The molecule has 120 valence electrons. The third-order valence-electron chi connectivity index (χ3n) is 4.54. The number of aromatic nitrogens is 3. The van der Waals surface area contributed by atoms with Crippen LogP contribution >= 0.6 is 0 Å². The third kappa shape index (κ3) is 3.23. The molecule has 0 unspecified atom stereocenters. The standard InChI is InChI=1S/C16H25N5O/c1-4-21-6-5-17-16(21)12-20-9-7-19(8-10-20)11-15-13(2)18-22-14(15)3/h5-6H,4,7-12H2,1-3H3. The van der Waals surface area contributed by atoms with E-state index < -0.39 is 0 Å². The molecule has 0 radical (unpaired) electrons. The first-order valence-corrected chi connectivity index (χ1v) is 8.04. The van der Waals surface area contributed by atoms with Gasteiger partial charge in [0.25, 0.3) is 0 Å². The Balaban J connectivity index is 1.52. The van der Waals surface area contributed by atoms with Crippen LogP contribution in [0.3, 0.4) is 0 Å². The molecule has 0 spiro atoms. The lowest BCUT2D eigenvalue weighted by Crippen LogP contribution is -2.45. The van der Waals surface area contributed by atoms with Gasteiger partial charge in [0.05, 0.1) is 12.2 Å². The zero-order valence-electron chi connectivity index (χ0n) is 13.7. The third-order valence-corrected chi connectivity index (χ3v) is 4.54. The number of aryl methyl sites for hydroxylation is 3. The van der Waals surface area contributed by atoms with Gasteiger partial charge in [0, 0.05) is 57.2 Å². The first kappa shape index (κ1) is 15.2. The Hall–Kier alpha value is -1.66. The second-order valence-corrected chi connectivity index (χ2v) is 5.98. The molecule has 6 nitrogen and oxygen atoms in total. The number of imidazole rings is 1. The van der Waals surface area contributed by atoms with Crippen LogP contribution in [0.15, 0.2) is 16.9 Å². The van der Waals surface area contributed by atoms with E-state index in [0.717, 1.165) is 57.3 Å². The Morgan fingerprint density at radius 1 is 1.09 bits per heavy atom. The molecule has 0 bridgehead atoms. The molecule has 1 fully saturated rings. The summed E-state index contributed by atoms with van der Waals surface area (Å²) in [7, 11) is 0. The van der Waals surface area contributed by atoms with Crippen LogP contribution in [0.2, 0.25) is 0 Å². The van der Waals surface area contributed by atoms with Crippen molar-refractivity contribution in [2.45, 2.75) is 40.4 Å². The van der Waals surface area contributed by atoms with E-state index in [1.165, 1.54) is 11.4 Å². The van der Waals surface area contributed by atoms with E-state index >= 15 is 0 Å². The largest absolute Gasteiger partial charge is 0.361 e. The fourth-order valence-corrected chi connectivity index (χ4v) is 3.04. The summed E-state index contributed by atoms with van der Waals surface area (Å²) in [4.78, 5) is 9.44. The Morgan fingerprint density at radius 2 is 1.77 bits per heavy atom. The van der Waals surface area contributed by atoms with Gasteiger partial charge in [0.15, 0.2) is 0 Å². The van der Waals surface area contributed by atoms with Crippen LogP contribution in [-0.4, -0.2) is 50.7 Å². The van der Waals surface area contributed by atoms with Crippen LogP contribution in [0.1, 0.15) is 29.8 Å². The Kier molecular flexibility index (Phi) is 4.59. The topological polar surface area (TPSA) is 50.3 Å². The summed E-state index contributed by atoms with van der Waals surface area (Å²) < 4.78 is 7.47. The molecule has 1 saturated heterocycles. The number of piperazine rings is 1. The van der Waals surface area contributed by atoms with E-state index in [4.69, 9.17) is 4.52 Å². The van der Waals surface area contributed by atoms with Crippen molar-refractivity contribution in [2.75, 3.05) is 26.2 Å². The SMILES string of the molecule is CCn1ccnc1CN1CCN(Cc2c(C)noc2C)CC1. The van der Waals surface area contributed by atoms with Crippen molar-refractivity contribution in [2.24, 2.45) is 0 Å². The molecule has 0 aliphatic carbocycles. The van der Waals surface area contributed by atoms with E-state index in [-0.39, 0.29) is 0 Å². The first-order chi connectivity index (χ1) is 10.7. The second-order valence-electron chi connectivity index (χ2n) is 5.98. The average Bonchev–Trinajstić information content (AvgIpc) is 3.10. The second kappa shape index (κ2) is 6.62. The Morgan fingerprint density at radius 3 is 2.36 bits per heavy atom. The van der Waals surface area contributed by atoms with Crippen LogP contribution in [0.25, 0.3) is 0 Å². The maximum atomic E-state index is 5.26. The highest BCUT2D eigenvalue weighted by Crippen LogP contribution is 2.16. The fraction of sp³-hybridized carbons (Fsp3) is 0.625. The number of rotatable bonds is 5. The molecule has 3 heterocycles. The molecule has 3 rings (SSSR count). The molecule has 2 aromatic heterocycles. The van der Waals surface area contributed by atoms with Crippen molar-refractivity contribution in [3.63, 3.8) is 0 Å². The minimum atomic E-state index is 0.943. The molecule has 0 saturated carbocycles. The molecule has 22 heavy (non-hydrogen) atoms. The molecule has 2 aromatic rings. The highest BCUT2D eigenvalue weighted by atomic mass is 16.5. The molecule has 6 heteroatoms. The van der Waals surface area contributed by atoms with Gasteiger partial charge in [0.2, 0.25) is 0 Å². The predicted molar refractivity (Wildman–Crippen MR) is 84.4 cm³/mol. The quantitative estimate of drug-likeness (QED) is 0.843. The van der Waals surface area contributed by atoms with E-state index in [1.54, 1.807) is 0 Å². The van der Waals surface area contributed by atoms with Gasteiger partial charge < -0.3 is 9.09 Å². The summed E-state index contributed by atoms with van der Waals surface area (Å²) >= 11 is 0. The van der Waals surface area contributed by atoms with Crippen molar-refractivity contribution in [3.05, 3.63) is 35.2 Å². The van der Waals surface area contributed by atoms with Crippen molar-refractivity contribution < 1.29 is 4.52 Å². The smallest absolute Gasteiger partial charge is 0.138 e. The molecule has 0 amide bonds. The monoisotopic (exact) mass is 303 g/mol. The van der Waals surface area contributed by atoms with Crippen molar-refractivity contribution in [3.8, 4) is 0 Å². The summed E-state index contributed by atoms with van der Waals surface area (Å²) in [5.74, 6) is 2.12. The van der Waals surface area contributed by atoms with E-state index in [9.17, 15) is 0 Å². The number of hydrogen-bond acceptors (Lipinski definition) is 5. The van der Waals surface area contributed by atoms with Gasteiger partial charge in [-0.25, -0.2) is 4.98 Å². The Labute approximate surface area is 131 Å². The van der Waals surface area contributed by atoms with Gasteiger partial charge in [-0.15, -0.1) is 0 Å². The van der Waals surface area contributed by atoms with Crippen LogP contribution < -0.4 is 0 Å². The maximum Gasteiger partial charge on any atom is 0.138 e. The van der Waals surface area contributed by atoms with E-state index in [1.807, 2.05) is 20.0 Å². The van der Waals surface area contributed by atoms with Gasteiger partial charge >= 0.3 is 0 Å². The maximum absolute atomic E-state index is 5.26. The molecular weight excluding hydrogens is 278 g/mol. The highest BCUT2D eigenvalue weighted by Gasteiger charge is 2.20. The van der Waals surface area contributed by atoms with Gasteiger partial charge in [-0.3, -0.25) is 9.80 Å². The van der Waals surface area contributed by atoms with Crippen LogP contribution in [0.5, 0.6) is 0 Å². The highest BCUT2D eigenvalue weighted by molar-refractivity contribution is 5.20. The van der Waals surface area contributed by atoms with Gasteiger partial charge in [0.1, 0.15) is 11.6 Å². The molecule has 0 aromatic carbocycles. The molecule has 1 aliphatic heterocycles. The number of hydrogen-bond donors (Lipinski definition) is 0. The normalized spacial score (nSPS) is 17.2. The summed E-state index contributed by atoms with van der Waals surface area (Å²) in [6, 6.07) is 0. The van der Waals surface area contributed by atoms with Crippen LogP contribution in [0, 0.1) is 13.8 Å². The minimum absolute atomic E-state index is 0.943. The van der Waals surface area contributed by atoms with Crippen LogP contribution in [-0.2, 0) is 19.6 Å². The first-order valence-electron chi connectivity index (χ1n) is 8.04. The summed E-state index contributed by atoms with van der Waals surface area (Å²) in [6.45, 7) is 13.4. The fourth-order valence-electron chi connectivity index (χ4n) is 3.04. The van der Waals surface area contributed by atoms with Crippen molar-refractivity contribution in [1.29, 1.82) is 0 Å². The van der Waals surface area contributed by atoms with Gasteiger partial charge in [-0.2, -0.15) is 0 Å². The van der Waals surface area contributed by atoms with E-state index in [0.29, 0.717) is 0 Å². The average molecular weight is 303 g/mol. The van der Waals surface area contributed by atoms with Gasteiger partial charge in [-0.05, 0) is 20.8 Å². The Bertz CT molecular complexity index is 590. The summed E-state index contributed by atoms with van der Waals surface area (Å²) in [5.41, 5.74) is 2.26. The van der Waals surface area contributed by atoms with Crippen molar-refractivity contribution >= 4 is 0 Å². The lowest BCUT2D eigenvalue weighted by molar-refractivity contribution is 0.118. The van der Waals surface area contributed by atoms with E-state index in [2.05, 4.69) is 37.6 Å². The van der Waals surface area contributed by atoms with Crippen LogP contribution in [0.4, 0.5) is 0 Å². The molecular formula is C16H25N5O. The van der Waals surface area contributed by atoms with Crippen molar-refractivity contribution in [1.82, 2.24) is 24.5 Å². The zero-order valence-corrected chi connectivity index (χ0v) is 13.7. The van der Waals surface area contributed by atoms with Gasteiger partial charge in [-0.1, -0.05) is 5.16 Å². The summed E-state index contributed by atoms with van der Waals surface area (Å²) in [5, 5.41) is 4.04. The predicted octanol–water partition coefficient (Wildman–Crippen LogP) is 1.83.